The standard InChI is InChI=1S/C58H60N4O2/c1-5-33-63-57(51-25-29-59-53-15-11-9-13-49(51)53)55-35-47-27-31-61(55,39-43(47)7-3)37-41-17-21-45(22-18-41)46-23-19-42(20-24-46)38-62-32-28-48(44(8-4)40-62)36-56(62)58(64-34-6-2)52-26-30-60-54-16-12-10-14-50(52)54/h3-6,9-26,29-30,43-44,47-48,55-58H,1-2,27-28,31-40H2/q+2/t43-,44-,47-,48-,55-,56-,57+,58+,61+,62+/m0/s1. The summed E-state index contributed by atoms with van der Waals surface area (Å²) in [5, 5.41) is 2.32. The third-order valence-electron chi connectivity index (χ3n) is 15.8. The minimum Gasteiger partial charge on any atom is -0.363 e. The molecule has 6 heteroatoms. The molecule has 322 valence electrons. The summed E-state index contributed by atoms with van der Waals surface area (Å²) in [4.78, 5) is 9.40. The van der Waals surface area contributed by atoms with Gasteiger partial charge in [0.15, 0.2) is 0 Å². The number of hydrogen-bond acceptors (Lipinski definition) is 4. The fourth-order valence-corrected chi connectivity index (χ4v) is 12.7. The van der Waals surface area contributed by atoms with Crippen molar-refractivity contribution < 1.29 is 18.4 Å². The first-order valence-electron chi connectivity index (χ1n) is 23.4. The van der Waals surface area contributed by atoms with E-state index in [9.17, 15) is 0 Å². The minimum atomic E-state index is -0.0965. The lowest BCUT2D eigenvalue weighted by molar-refractivity contribution is -0.984. The first-order valence-corrected chi connectivity index (χ1v) is 23.4. The van der Waals surface area contributed by atoms with E-state index in [1.54, 1.807) is 0 Å². The van der Waals surface area contributed by atoms with Gasteiger partial charge in [0, 0.05) is 60.0 Å². The van der Waals surface area contributed by atoms with Gasteiger partial charge in [0.1, 0.15) is 37.4 Å². The molecule has 0 spiro atoms. The van der Waals surface area contributed by atoms with E-state index in [0.29, 0.717) is 25.0 Å². The lowest BCUT2D eigenvalue weighted by Gasteiger charge is -2.58. The molecule has 6 nitrogen and oxygen atoms in total. The van der Waals surface area contributed by atoms with Gasteiger partial charge in [-0.2, -0.15) is 0 Å². The van der Waals surface area contributed by atoms with Crippen LogP contribution in [0, 0.1) is 48.4 Å². The Morgan fingerprint density at radius 1 is 0.594 bits per heavy atom. The van der Waals surface area contributed by atoms with Crippen LogP contribution in [0.3, 0.4) is 0 Å². The molecule has 6 saturated heterocycles. The third kappa shape index (κ3) is 7.78. The zero-order valence-electron chi connectivity index (χ0n) is 37.0. The number of nitrogens with zero attached hydrogens (tertiary/aromatic N) is 4. The molecule has 0 radical (unpaired) electrons. The number of fused-ring (bicyclic) bond motifs is 8. The normalized spacial score (nSPS) is 28.0. The average Bonchev–Trinajstić information content (AvgIpc) is 3.35. The number of rotatable bonds is 15. The van der Waals surface area contributed by atoms with Crippen LogP contribution in [0.4, 0.5) is 0 Å². The largest absolute Gasteiger partial charge is 0.363 e. The molecule has 6 fully saturated rings. The maximum absolute atomic E-state index is 6.80. The van der Waals surface area contributed by atoms with Crippen LogP contribution in [0.15, 0.2) is 147 Å². The van der Waals surface area contributed by atoms with Gasteiger partial charge in [-0.25, -0.2) is 0 Å². The van der Waals surface area contributed by atoms with E-state index in [1.807, 2.05) is 24.5 Å². The molecule has 0 unspecified atom stereocenters. The number of benzene rings is 4. The van der Waals surface area contributed by atoms with Gasteiger partial charge in [-0.05, 0) is 58.4 Å². The SMILES string of the molecule is C#C[C@H]1C[N@+]2(Cc3ccc(-c4ccc(C[N@@+]56CC[C@@H](C[C@H]5[C@H](OCC=C)c5ccnc7ccccc57)[C@@H](C#C)C6)cc4)cc3)CC[C@H]1C[C@H]2[C@H](OCC=C)c1ccnc2ccccc12. The summed E-state index contributed by atoms with van der Waals surface area (Å²) in [5.41, 5.74) is 9.52. The zero-order chi connectivity index (χ0) is 43.7. The Labute approximate surface area is 379 Å². The van der Waals surface area contributed by atoms with Crippen molar-refractivity contribution in [1.82, 2.24) is 9.97 Å². The van der Waals surface area contributed by atoms with Crippen molar-refractivity contribution in [1.29, 1.82) is 0 Å². The quantitative estimate of drug-likeness (QED) is 0.0587. The lowest BCUT2D eigenvalue weighted by atomic mass is 9.71. The molecule has 8 heterocycles. The van der Waals surface area contributed by atoms with Crippen molar-refractivity contribution in [2.75, 3.05) is 39.4 Å². The van der Waals surface area contributed by atoms with E-state index < -0.39 is 0 Å². The monoisotopic (exact) mass is 844 g/mol. The highest BCUT2D eigenvalue weighted by molar-refractivity contribution is 5.83. The van der Waals surface area contributed by atoms with Crippen LogP contribution in [0.2, 0.25) is 0 Å². The van der Waals surface area contributed by atoms with Crippen molar-refractivity contribution in [2.45, 2.75) is 63.1 Å². The van der Waals surface area contributed by atoms with E-state index in [2.05, 4.69) is 134 Å². The summed E-state index contributed by atoms with van der Waals surface area (Å²) >= 11 is 0. The molecule has 6 aliphatic heterocycles. The minimum absolute atomic E-state index is 0.0965. The Kier molecular flexibility index (Phi) is 11.8. The van der Waals surface area contributed by atoms with Crippen LogP contribution in [-0.2, 0) is 22.6 Å². The van der Waals surface area contributed by atoms with Gasteiger partial charge in [0.2, 0.25) is 0 Å². The topological polar surface area (TPSA) is 44.2 Å². The van der Waals surface area contributed by atoms with Gasteiger partial charge in [0.05, 0.1) is 62.3 Å². The van der Waals surface area contributed by atoms with Crippen LogP contribution in [-0.4, -0.2) is 70.4 Å². The van der Waals surface area contributed by atoms with Crippen LogP contribution < -0.4 is 0 Å². The summed E-state index contributed by atoms with van der Waals surface area (Å²) in [6.45, 7) is 15.0. The third-order valence-corrected chi connectivity index (χ3v) is 15.8. The number of aromatic nitrogens is 2. The molecule has 4 aromatic carbocycles. The fourth-order valence-electron chi connectivity index (χ4n) is 12.7. The first kappa shape index (κ1) is 42.1. The molecule has 0 saturated carbocycles. The van der Waals surface area contributed by atoms with E-state index in [1.165, 1.54) is 33.4 Å². The highest BCUT2D eigenvalue weighted by Gasteiger charge is 2.56. The predicted octanol–water partition coefficient (Wildman–Crippen LogP) is 11.1. The highest BCUT2D eigenvalue weighted by Crippen LogP contribution is 2.50. The van der Waals surface area contributed by atoms with Crippen LogP contribution in [0.1, 0.15) is 60.1 Å². The van der Waals surface area contributed by atoms with E-state index >= 15 is 0 Å². The van der Waals surface area contributed by atoms with Crippen molar-refractivity contribution in [3.05, 3.63) is 169 Å². The van der Waals surface area contributed by atoms with Crippen LogP contribution in [0.25, 0.3) is 32.9 Å². The van der Waals surface area contributed by atoms with E-state index in [0.717, 1.165) is 95.7 Å². The number of quaternary nitrogens is 2. The number of para-hydroxylation sites is 2. The van der Waals surface area contributed by atoms with E-state index in [4.69, 9.17) is 32.3 Å². The second-order valence-corrected chi connectivity index (χ2v) is 19.1. The van der Waals surface area contributed by atoms with Gasteiger partial charge < -0.3 is 18.4 Å². The Morgan fingerprint density at radius 2 is 1.02 bits per heavy atom. The van der Waals surface area contributed by atoms with E-state index in [-0.39, 0.29) is 36.1 Å². The molecule has 0 amide bonds. The van der Waals surface area contributed by atoms with Gasteiger partial charge in [-0.15, -0.1) is 26.0 Å². The average molecular weight is 845 g/mol. The number of pyridine rings is 2. The maximum Gasteiger partial charge on any atom is 0.135 e. The van der Waals surface area contributed by atoms with Gasteiger partial charge in [-0.1, -0.05) is 109 Å². The molecule has 6 aliphatic rings. The van der Waals surface area contributed by atoms with Crippen molar-refractivity contribution in [3.63, 3.8) is 0 Å². The van der Waals surface area contributed by atoms with Crippen molar-refractivity contribution in [2.24, 2.45) is 23.7 Å². The fraction of sp³-hybridized carbons (Fsp3) is 0.345. The molecule has 0 aliphatic carbocycles. The Balaban J connectivity index is 0.910. The molecule has 10 atom stereocenters. The Hall–Kier alpha value is -5.86. The summed E-state index contributed by atoms with van der Waals surface area (Å²) in [6.07, 6.45) is 24.3. The smallest absolute Gasteiger partial charge is 0.135 e. The summed E-state index contributed by atoms with van der Waals surface area (Å²) in [6, 6.07) is 40.3. The van der Waals surface area contributed by atoms with Crippen molar-refractivity contribution >= 4 is 21.8 Å². The number of hydrogen-bond donors (Lipinski definition) is 0. The van der Waals surface area contributed by atoms with Gasteiger partial charge in [-0.3, -0.25) is 9.97 Å². The van der Waals surface area contributed by atoms with Crippen molar-refractivity contribution in [3.8, 4) is 35.8 Å². The molecule has 12 rings (SSSR count). The first-order chi connectivity index (χ1) is 31.4. The van der Waals surface area contributed by atoms with Crippen LogP contribution >= 0.6 is 0 Å². The maximum atomic E-state index is 6.80. The Bertz CT molecular complexity index is 2530. The molecule has 64 heavy (non-hydrogen) atoms. The molecule has 0 N–H and O–H groups in total. The van der Waals surface area contributed by atoms with Crippen LogP contribution in [0.5, 0.6) is 0 Å². The van der Waals surface area contributed by atoms with Gasteiger partial charge in [0.25, 0.3) is 0 Å². The second kappa shape index (κ2) is 18.0. The highest BCUT2D eigenvalue weighted by atomic mass is 16.5. The Morgan fingerprint density at radius 3 is 1.42 bits per heavy atom. The molecule has 2 aromatic heterocycles. The lowest BCUT2D eigenvalue weighted by Crippen LogP contribution is -2.67. The molecule has 6 aromatic rings. The molecular formula is C58H60N4O2+2. The molecule has 4 bridgehead atoms. The summed E-state index contributed by atoms with van der Waals surface area (Å²) < 4.78 is 15.5. The number of piperidine rings is 6. The summed E-state index contributed by atoms with van der Waals surface area (Å²) in [5.74, 6) is 7.99. The zero-order valence-corrected chi connectivity index (χ0v) is 37.0. The number of ether oxygens (including phenoxy) is 2. The predicted molar refractivity (Wildman–Crippen MR) is 258 cm³/mol. The summed E-state index contributed by atoms with van der Waals surface area (Å²) in [7, 11) is 0. The second-order valence-electron chi connectivity index (χ2n) is 19.1. The van der Waals surface area contributed by atoms with Gasteiger partial charge >= 0.3 is 0 Å². The number of terminal acetylenes is 2. The molecular weight excluding hydrogens is 785 g/mol.